The highest BCUT2D eigenvalue weighted by atomic mass is 16.2. The van der Waals surface area contributed by atoms with E-state index < -0.39 is 0 Å². The maximum Gasteiger partial charge on any atom is 0.259 e. The van der Waals surface area contributed by atoms with Gasteiger partial charge in [-0.2, -0.15) is 0 Å². The number of rotatable bonds is 8. The molecular formula is C28H35N5O2. The van der Waals surface area contributed by atoms with Crippen LogP contribution in [-0.4, -0.2) is 38.9 Å². The molecule has 1 aliphatic heterocycles. The molecule has 7 nitrogen and oxygen atoms in total. The van der Waals surface area contributed by atoms with E-state index in [1.807, 2.05) is 59.1 Å². The number of hydrogen-bond donors (Lipinski definition) is 1. The smallest absolute Gasteiger partial charge is 0.259 e. The number of pyridine rings is 1. The Kier molecular flexibility index (Phi) is 7.24. The molecule has 4 rings (SSSR count). The molecule has 2 aromatic heterocycles. The lowest BCUT2D eigenvalue weighted by atomic mass is 10.0. The Bertz CT molecular complexity index is 1370. The molecule has 7 heteroatoms. The first-order valence-corrected chi connectivity index (χ1v) is 12.5. The van der Waals surface area contributed by atoms with Crippen molar-refractivity contribution in [3.8, 4) is 11.3 Å². The second-order valence-corrected chi connectivity index (χ2v) is 9.22. The zero-order valence-corrected chi connectivity index (χ0v) is 21.2. The standard InChI is InChI=1S/C28H35N5O2/c1-5-11-32(12-6-2)27(34)21-15-19-8-9-20(16-23(19)30-26(29)17-21)25-18-22-24(31(25)4)10-14-33(13-7-3)28(22)35/h8-10,14-16,18H,5-7,11-13,17H2,1-4H3,(H2,29,30). The molecular weight excluding hydrogens is 438 g/mol. The number of carbonyl (C=O) groups is 1. The van der Waals surface area contributed by atoms with Crippen LogP contribution in [-0.2, 0) is 18.4 Å². The first-order valence-electron chi connectivity index (χ1n) is 12.5. The zero-order chi connectivity index (χ0) is 25.1. The van der Waals surface area contributed by atoms with Gasteiger partial charge in [0.1, 0.15) is 5.84 Å². The summed E-state index contributed by atoms with van der Waals surface area (Å²) in [6, 6.07) is 9.93. The summed E-state index contributed by atoms with van der Waals surface area (Å²) in [4.78, 5) is 32.7. The lowest BCUT2D eigenvalue weighted by Crippen LogP contribution is -2.34. The maximum atomic E-state index is 13.2. The van der Waals surface area contributed by atoms with Gasteiger partial charge in [-0.15, -0.1) is 0 Å². The number of amidine groups is 1. The average Bonchev–Trinajstić information content (AvgIpc) is 3.07. The van der Waals surface area contributed by atoms with Crippen LogP contribution >= 0.6 is 0 Å². The van der Waals surface area contributed by atoms with Gasteiger partial charge in [0.05, 0.1) is 16.6 Å². The number of aryl methyl sites for hydroxylation is 2. The number of nitrogens with two attached hydrogens (primary N) is 1. The molecule has 0 saturated heterocycles. The second-order valence-electron chi connectivity index (χ2n) is 9.22. The van der Waals surface area contributed by atoms with Gasteiger partial charge >= 0.3 is 0 Å². The summed E-state index contributed by atoms with van der Waals surface area (Å²) < 4.78 is 3.80. The second kappa shape index (κ2) is 10.3. The van der Waals surface area contributed by atoms with Gasteiger partial charge < -0.3 is 19.8 Å². The molecule has 35 heavy (non-hydrogen) atoms. The highest BCUT2D eigenvalue weighted by Gasteiger charge is 2.21. The van der Waals surface area contributed by atoms with Gasteiger partial charge in [-0.05, 0) is 43.5 Å². The number of amides is 1. The molecule has 0 saturated carbocycles. The van der Waals surface area contributed by atoms with Crippen LogP contribution < -0.4 is 11.3 Å². The largest absolute Gasteiger partial charge is 0.387 e. The minimum absolute atomic E-state index is 0.0259. The van der Waals surface area contributed by atoms with Crippen LogP contribution in [0.15, 0.2) is 51.9 Å². The summed E-state index contributed by atoms with van der Waals surface area (Å²) in [6.07, 6.45) is 6.85. The first kappa shape index (κ1) is 24.5. The Morgan fingerprint density at radius 1 is 1.09 bits per heavy atom. The van der Waals surface area contributed by atoms with Crippen molar-refractivity contribution in [2.24, 2.45) is 17.8 Å². The van der Waals surface area contributed by atoms with E-state index in [1.54, 1.807) is 4.57 Å². The normalized spacial score (nSPS) is 13.3. The minimum Gasteiger partial charge on any atom is -0.387 e. The van der Waals surface area contributed by atoms with E-state index >= 15 is 0 Å². The number of benzene rings is 1. The van der Waals surface area contributed by atoms with Gasteiger partial charge in [0.15, 0.2) is 0 Å². The van der Waals surface area contributed by atoms with Gasteiger partial charge in [-0.1, -0.05) is 32.9 Å². The molecule has 0 aliphatic carbocycles. The predicted octanol–water partition coefficient (Wildman–Crippen LogP) is 4.84. The van der Waals surface area contributed by atoms with E-state index in [4.69, 9.17) is 5.73 Å². The zero-order valence-electron chi connectivity index (χ0n) is 21.2. The number of aliphatic imine (C=N–C) groups is 1. The molecule has 1 aromatic carbocycles. The van der Waals surface area contributed by atoms with Crippen molar-refractivity contribution in [2.75, 3.05) is 13.1 Å². The van der Waals surface area contributed by atoms with Crippen molar-refractivity contribution in [2.45, 2.75) is 53.0 Å². The third-order valence-corrected chi connectivity index (χ3v) is 6.49. The molecule has 0 spiro atoms. The van der Waals surface area contributed by atoms with Crippen molar-refractivity contribution in [1.82, 2.24) is 14.0 Å². The fourth-order valence-corrected chi connectivity index (χ4v) is 4.81. The fourth-order valence-electron chi connectivity index (χ4n) is 4.81. The van der Waals surface area contributed by atoms with Crippen molar-refractivity contribution in [1.29, 1.82) is 0 Å². The molecule has 0 fully saturated rings. The third kappa shape index (κ3) is 4.81. The van der Waals surface area contributed by atoms with Gasteiger partial charge in [-0.25, -0.2) is 4.99 Å². The predicted molar refractivity (Wildman–Crippen MR) is 144 cm³/mol. The van der Waals surface area contributed by atoms with Crippen LogP contribution in [0.4, 0.5) is 5.69 Å². The van der Waals surface area contributed by atoms with E-state index in [0.29, 0.717) is 29.8 Å². The van der Waals surface area contributed by atoms with Crippen LogP contribution in [0.1, 0.15) is 52.0 Å². The lowest BCUT2D eigenvalue weighted by molar-refractivity contribution is -0.127. The van der Waals surface area contributed by atoms with E-state index in [-0.39, 0.29) is 11.5 Å². The molecule has 2 N–H and O–H groups in total. The van der Waals surface area contributed by atoms with Crippen molar-refractivity contribution in [3.63, 3.8) is 0 Å². The number of aromatic nitrogens is 2. The Hall–Kier alpha value is -3.61. The highest BCUT2D eigenvalue weighted by Crippen LogP contribution is 2.33. The molecule has 0 atom stereocenters. The molecule has 3 aromatic rings. The first-order chi connectivity index (χ1) is 16.9. The van der Waals surface area contributed by atoms with Crippen LogP contribution in [0.25, 0.3) is 28.2 Å². The summed E-state index contributed by atoms with van der Waals surface area (Å²) in [5, 5.41) is 0.705. The summed E-state index contributed by atoms with van der Waals surface area (Å²) in [6.45, 7) is 8.38. The molecule has 3 heterocycles. The van der Waals surface area contributed by atoms with Crippen molar-refractivity contribution < 1.29 is 4.79 Å². The number of carbonyl (C=O) groups excluding carboxylic acids is 1. The van der Waals surface area contributed by atoms with Crippen molar-refractivity contribution >= 4 is 34.4 Å². The highest BCUT2D eigenvalue weighted by molar-refractivity contribution is 6.05. The Morgan fingerprint density at radius 3 is 2.51 bits per heavy atom. The molecule has 0 radical (unpaired) electrons. The lowest BCUT2D eigenvalue weighted by Gasteiger charge is -2.22. The molecule has 184 valence electrons. The summed E-state index contributed by atoms with van der Waals surface area (Å²) in [5.41, 5.74) is 11.3. The Morgan fingerprint density at radius 2 is 1.83 bits per heavy atom. The van der Waals surface area contributed by atoms with Gasteiger partial charge in [0, 0.05) is 61.7 Å². The van der Waals surface area contributed by atoms with Crippen LogP contribution in [0, 0.1) is 0 Å². The number of hydrogen-bond acceptors (Lipinski definition) is 4. The van der Waals surface area contributed by atoms with Crippen LogP contribution in [0.3, 0.4) is 0 Å². The molecule has 1 aliphatic rings. The topological polar surface area (TPSA) is 85.6 Å². The summed E-state index contributed by atoms with van der Waals surface area (Å²) >= 11 is 0. The third-order valence-electron chi connectivity index (χ3n) is 6.49. The summed E-state index contributed by atoms with van der Waals surface area (Å²) in [5.74, 6) is 0.453. The Labute approximate surface area is 206 Å². The maximum absolute atomic E-state index is 13.2. The van der Waals surface area contributed by atoms with Gasteiger partial charge in [0.2, 0.25) is 5.91 Å². The minimum atomic E-state index is 0.0259. The number of fused-ring (bicyclic) bond motifs is 2. The Balaban J connectivity index is 1.75. The molecule has 0 bridgehead atoms. The van der Waals surface area contributed by atoms with E-state index in [9.17, 15) is 9.59 Å². The monoisotopic (exact) mass is 473 g/mol. The molecule has 1 amide bonds. The quantitative estimate of drug-likeness (QED) is 0.508. The average molecular weight is 474 g/mol. The van der Waals surface area contributed by atoms with Crippen molar-refractivity contribution in [3.05, 3.63) is 58.0 Å². The SMILES string of the molecule is CCCN(CCC)C(=O)C1=Cc2ccc(-c3cc4c(=O)n(CCC)ccc4n3C)cc2N=C(N)C1. The van der Waals surface area contributed by atoms with E-state index in [2.05, 4.69) is 25.8 Å². The number of nitrogens with zero attached hydrogens (tertiary/aromatic N) is 4. The van der Waals surface area contributed by atoms with Gasteiger partial charge in [-0.3, -0.25) is 9.59 Å². The van der Waals surface area contributed by atoms with Crippen LogP contribution in [0.2, 0.25) is 0 Å². The van der Waals surface area contributed by atoms with Gasteiger partial charge in [0.25, 0.3) is 5.56 Å². The summed E-state index contributed by atoms with van der Waals surface area (Å²) in [7, 11) is 1.97. The van der Waals surface area contributed by atoms with E-state index in [0.717, 1.165) is 60.4 Å². The van der Waals surface area contributed by atoms with E-state index in [1.165, 1.54) is 0 Å². The fraction of sp³-hybridized carbons (Fsp3) is 0.393. The van der Waals surface area contributed by atoms with Crippen LogP contribution in [0.5, 0.6) is 0 Å². The molecule has 0 unspecified atom stereocenters.